The number of aromatic nitrogens is 2. The van der Waals surface area contributed by atoms with E-state index < -0.39 is 0 Å². The highest BCUT2D eigenvalue weighted by Crippen LogP contribution is 2.21. The zero-order valence-electron chi connectivity index (χ0n) is 13.5. The number of hydrogen-bond acceptors (Lipinski definition) is 3. The fourth-order valence-corrected chi connectivity index (χ4v) is 3.32. The van der Waals surface area contributed by atoms with Crippen molar-refractivity contribution in [2.24, 2.45) is 13.0 Å². The number of amides is 1. The lowest BCUT2D eigenvalue weighted by molar-refractivity contribution is -0.126. The lowest BCUT2D eigenvalue weighted by atomic mass is 9.92. The summed E-state index contributed by atoms with van der Waals surface area (Å²) in [5.74, 6) is 1.15. The van der Waals surface area contributed by atoms with Gasteiger partial charge in [0.15, 0.2) is 0 Å². The van der Waals surface area contributed by atoms with Gasteiger partial charge in [0, 0.05) is 19.0 Å². The molecule has 118 valence electrons. The topological polar surface area (TPSA) is 59.0 Å². The standard InChI is InChI=1S/C17H24N4O/c1-11-10-13(8-9-18-11)17(22)19-12(2)16-20-14-6-4-5-7-15(14)21(16)3/h4-7,11-13,18H,8-10H2,1-3H3,(H,19,22)/t11-,12?,13-/m0/s1. The molecule has 2 aromatic rings. The SMILES string of the molecule is CC(NC(=O)[C@H]1CCN[C@@H](C)C1)c1nc2ccccc2n1C. The molecule has 0 spiro atoms. The van der Waals surface area contributed by atoms with E-state index >= 15 is 0 Å². The molecule has 1 aliphatic rings. The Kier molecular flexibility index (Phi) is 4.16. The number of imidazole rings is 1. The van der Waals surface area contributed by atoms with Crippen molar-refractivity contribution in [2.45, 2.75) is 38.8 Å². The van der Waals surface area contributed by atoms with E-state index in [0.717, 1.165) is 36.2 Å². The van der Waals surface area contributed by atoms with Crippen LogP contribution in [0.5, 0.6) is 0 Å². The van der Waals surface area contributed by atoms with Crippen molar-refractivity contribution >= 4 is 16.9 Å². The average molecular weight is 300 g/mol. The molecule has 1 aromatic carbocycles. The second kappa shape index (κ2) is 6.08. The summed E-state index contributed by atoms with van der Waals surface area (Å²) in [4.78, 5) is 17.1. The van der Waals surface area contributed by atoms with E-state index in [9.17, 15) is 4.79 Å². The highest BCUT2D eigenvalue weighted by atomic mass is 16.2. The maximum atomic E-state index is 12.5. The van der Waals surface area contributed by atoms with Crippen LogP contribution in [0.2, 0.25) is 0 Å². The number of carbonyl (C=O) groups is 1. The number of fused-ring (bicyclic) bond motifs is 1. The Morgan fingerprint density at radius 3 is 2.95 bits per heavy atom. The molecule has 0 radical (unpaired) electrons. The minimum Gasteiger partial charge on any atom is -0.346 e. The molecule has 1 aromatic heterocycles. The van der Waals surface area contributed by atoms with E-state index in [1.165, 1.54) is 0 Å². The fourth-order valence-electron chi connectivity index (χ4n) is 3.32. The van der Waals surface area contributed by atoms with E-state index in [1.54, 1.807) is 0 Å². The molecule has 1 amide bonds. The Balaban J connectivity index is 1.74. The summed E-state index contributed by atoms with van der Waals surface area (Å²) < 4.78 is 2.06. The Labute approximate surface area is 131 Å². The van der Waals surface area contributed by atoms with Crippen molar-refractivity contribution < 1.29 is 4.79 Å². The van der Waals surface area contributed by atoms with Gasteiger partial charge in [0.2, 0.25) is 5.91 Å². The van der Waals surface area contributed by atoms with Crippen LogP contribution in [0.4, 0.5) is 0 Å². The monoisotopic (exact) mass is 300 g/mol. The van der Waals surface area contributed by atoms with Crippen molar-refractivity contribution in [3.8, 4) is 0 Å². The Hall–Kier alpha value is -1.88. The molecule has 5 nitrogen and oxygen atoms in total. The van der Waals surface area contributed by atoms with Crippen LogP contribution in [0, 0.1) is 5.92 Å². The van der Waals surface area contributed by atoms with Gasteiger partial charge in [-0.25, -0.2) is 4.98 Å². The minimum absolute atomic E-state index is 0.0879. The van der Waals surface area contributed by atoms with E-state index in [0.29, 0.717) is 6.04 Å². The van der Waals surface area contributed by atoms with Gasteiger partial charge >= 0.3 is 0 Å². The number of rotatable bonds is 3. The summed E-state index contributed by atoms with van der Waals surface area (Å²) in [6.45, 7) is 5.05. The number of piperidine rings is 1. The maximum absolute atomic E-state index is 12.5. The van der Waals surface area contributed by atoms with Gasteiger partial charge < -0.3 is 15.2 Å². The minimum atomic E-state index is -0.0879. The molecule has 5 heteroatoms. The van der Waals surface area contributed by atoms with Gasteiger partial charge in [-0.3, -0.25) is 4.79 Å². The van der Waals surface area contributed by atoms with Gasteiger partial charge in [0.1, 0.15) is 5.82 Å². The summed E-state index contributed by atoms with van der Waals surface area (Å²) in [7, 11) is 2.00. The predicted octanol–water partition coefficient (Wildman–Crippen LogP) is 2.14. The molecular weight excluding hydrogens is 276 g/mol. The predicted molar refractivity (Wildman–Crippen MR) is 87.5 cm³/mol. The smallest absolute Gasteiger partial charge is 0.223 e. The zero-order chi connectivity index (χ0) is 15.7. The number of aryl methyl sites for hydroxylation is 1. The van der Waals surface area contributed by atoms with Crippen LogP contribution in [0.3, 0.4) is 0 Å². The molecule has 1 aliphatic heterocycles. The summed E-state index contributed by atoms with van der Waals surface area (Å²) >= 11 is 0. The summed E-state index contributed by atoms with van der Waals surface area (Å²) in [6.07, 6.45) is 1.81. The van der Waals surface area contributed by atoms with Crippen molar-refractivity contribution in [2.75, 3.05) is 6.54 Å². The molecule has 2 N–H and O–H groups in total. The van der Waals surface area contributed by atoms with Crippen LogP contribution < -0.4 is 10.6 Å². The number of benzene rings is 1. The quantitative estimate of drug-likeness (QED) is 0.913. The maximum Gasteiger partial charge on any atom is 0.223 e. The summed E-state index contributed by atoms with van der Waals surface area (Å²) in [5.41, 5.74) is 2.06. The average Bonchev–Trinajstić information content (AvgIpc) is 2.85. The lowest BCUT2D eigenvalue weighted by Crippen LogP contribution is -2.43. The fraction of sp³-hybridized carbons (Fsp3) is 0.529. The third kappa shape index (κ3) is 2.86. The first-order chi connectivity index (χ1) is 10.6. The number of nitrogens with zero attached hydrogens (tertiary/aromatic N) is 2. The van der Waals surface area contributed by atoms with Gasteiger partial charge in [-0.05, 0) is 45.4 Å². The first kappa shape index (κ1) is 15.0. The number of nitrogens with one attached hydrogen (secondary N) is 2. The first-order valence-electron chi connectivity index (χ1n) is 8.01. The van der Waals surface area contributed by atoms with Gasteiger partial charge in [-0.15, -0.1) is 0 Å². The van der Waals surface area contributed by atoms with Crippen molar-refractivity contribution in [3.63, 3.8) is 0 Å². The number of para-hydroxylation sites is 2. The molecule has 1 fully saturated rings. The number of hydrogen-bond donors (Lipinski definition) is 2. The largest absolute Gasteiger partial charge is 0.346 e. The van der Waals surface area contributed by atoms with Gasteiger partial charge in [-0.1, -0.05) is 12.1 Å². The molecule has 22 heavy (non-hydrogen) atoms. The van der Waals surface area contributed by atoms with Gasteiger partial charge in [0.05, 0.1) is 17.1 Å². The third-order valence-corrected chi connectivity index (χ3v) is 4.56. The Morgan fingerprint density at radius 2 is 2.23 bits per heavy atom. The van der Waals surface area contributed by atoms with E-state index in [1.807, 2.05) is 32.2 Å². The van der Waals surface area contributed by atoms with Crippen LogP contribution in [-0.4, -0.2) is 28.0 Å². The van der Waals surface area contributed by atoms with Crippen LogP contribution >= 0.6 is 0 Å². The van der Waals surface area contributed by atoms with E-state index in [-0.39, 0.29) is 17.9 Å². The molecule has 0 aliphatic carbocycles. The third-order valence-electron chi connectivity index (χ3n) is 4.56. The normalized spacial score (nSPS) is 23.4. The molecule has 3 rings (SSSR count). The van der Waals surface area contributed by atoms with E-state index in [2.05, 4.69) is 33.2 Å². The summed E-state index contributed by atoms with van der Waals surface area (Å²) in [6, 6.07) is 8.37. The first-order valence-corrected chi connectivity index (χ1v) is 8.01. The molecule has 2 heterocycles. The van der Waals surface area contributed by atoms with Crippen LogP contribution in [-0.2, 0) is 11.8 Å². The van der Waals surface area contributed by atoms with Crippen molar-refractivity contribution in [1.82, 2.24) is 20.2 Å². The van der Waals surface area contributed by atoms with Crippen LogP contribution in [0.1, 0.15) is 38.6 Å². The number of carbonyl (C=O) groups excluding carboxylic acids is 1. The van der Waals surface area contributed by atoms with Crippen molar-refractivity contribution in [3.05, 3.63) is 30.1 Å². The van der Waals surface area contributed by atoms with Gasteiger partial charge in [-0.2, -0.15) is 0 Å². The van der Waals surface area contributed by atoms with E-state index in [4.69, 9.17) is 0 Å². The Morgan fingerprint density at radius 1 is 1.45 bits per heavy atom. The molecule has 3 atom stereocenters. The summed E-state index contributed by atoms with van der Waals surface area (Å²) in [5, 5.41) is 6.52. The molecule has 0 saturated carbocycles. The molecule has 1 unspecified atom stereocenters. The highest BCUT2D eigenvalue weighted by molar-refractivity contribution is 5.80. The molecular formula is C17H24N4O. The second-order valence-corrected chi connectivity index (χ2v) is 6.32. The Bertz CT molecular complexity index is 678. The van der Waals surface area contributed by atoms with Gasteiger partial charge in [0.25, 0.3) is 0 Å². The zero-order valence-corrected chi connectivity index (χ0v) is 13.5. The van der Waals surface area contributed by atoms with Crippen LogP contribution in [0.25, 0.3) is 11.0 Å². The van der Waals surface area contributed by atoms with Crippen LogP contribution in [0.15, 0.2) is 24.3 Å². The highest BCUT2D eigenvalue weighted by Gasteiger charge is 2.26. The molecule has 1 saturated heterocycles. The van der Waals surface area contributed by atoms with Crippen molar-refractivity contribution in [1.29, 1.82) is 0 Å². The lowest BCUT2D eigenvalue weighted by Gasteiger charge is -2.28. The molecule has 0 bridgehead atoms. The second-order valence-electron chi connectivity index (χ2n) is 6.32.